The monoisotopic (exact) mass is 412 g/mol. The van der Waals surface area contributed by atoms with E-state index < -0.39 is 17.7 Å². The molecule has 5 nitrogen and oxygen atoms in total. The molecule has 0 aliphatic heterocycles. The molecule has 3 rings (SSSR count). The lowest BCUT2D eigenvalue weighted by Crippen LogP contribution is -2.22. The van der Waals surface area contributed by atoms with Crippen molar-refractivity contribution in [3.63, 3.8) is 0 Å². The molecule has 26 heavy (non-hydrogen) atoms. The number of aromatic nitrogens is 1. The molecule has 0 aliphatic carbocycles. The van der Waals surface area contributed by atoms with E-state index in [1.54, 1.807) is 12.1 Å². The van der Waals surface area contributed by atoms with Gasteiger partial charge in [-0.05, 0) is 36.4 Å². The van der Waals surface area contributed by atoms with Crippen LogP contribution in [0.1, 0.15) is 10.4 Å². The molecule has 1 amide bonds. The Morgan fingerprint density at radius 2 is 1.88 bits per heavy atom. The molecule has 0 unspecified atom stereocenters. The third-order valence-electron chi connectivity index (χ3n) is 3.54. The van der Waals surface area contributed by atoms with E-state index in [9.17, 15) is 14.0 Å². The summed E-state index contributed by atoms with van der Waals surface area (Å²) in [5, 5.41) is 0.562. The summed E-state index contributed by atoms with van der Waals surface area (Å²) in [6.45, 7) is -0.188. The van der Waals surface area contributed by atoms with Gasteiger partial charge >= 0.3 is 5.97 Å². The molecule has 1 aromatic heterocycles. The smallest absolute Gasteiger partial charge is 0.325 e. The first kappa shape index (κ1) is 18.6. The van der Waals surface area contributed by atoms with E-state index in [1.165, 1.54) is 47.3 Å². The van der Waals surface area contributed by atoms with Crippen LogP contribution < -0.4 is 4.80 Å². The lowest BCUT2D eigenvalue weighted by molar-refractivity contribution is -0.141. The van der Waals surface area contributed by atoms with Crippen LogP contribution in [0, 0.1) is 5.82 Å². The van der Waals surface area contributed by atoms with E-state index in [-0.39, 0.29) is 21.9 Å². The number of carbonyl (C=O) groups excluding carboxylic acids is 2. The molecular formula is C17H11Cl2FN2O3S. The van der Waals surface area contributed by atoms with E-state index in [2.05, 4.69) is 4.99 Å². The maximum Gasteiger partial charge on any atom is 0.325 e. The van der Waals surface area contributed by atoms with Crippen LogP contribution in [0.5, 0.6) is 0 Å². The molecule has 9 heteroatoms. The summed E-state index contributed by atoms with van der Waals surface area (Å²) in [5.41, 5.74) is 0.706. The highest BCUT2D eigenvalue weighted by Crippen LogP contribution is 2.32. The Bertz CT molecular complexity index is 1070. The predicted octanol–water partition coefficient (Wildman–Crippen LogP) is 4.06. The third kappa shape index (κ3) is 3.65. The Kier molecular flexibility index (Phi) is 5.41. The van der Waals surface area contributed by atoms with Crippen molar-refractivity contribution in [3.8, 4) is 0 Å². The Balaban J connectivity index is 2.19. The van der Waals surface area contributed by atoms with Crippen LogP contribution in [0.4, 0.5) is 4.39 Å². The van der Waals surface area contributed by atoms with E-state index in [4.69, 9.17) is 27.9 Å². The summed E-state index contributed by atoms with van der Waals surface area (Å²) in [4.78, 5) is 28.5. The van der Waals surface area contributed by atoms with Crippen molar-refractivity contribution in [2.24, 2.45) is 4.99 Å². The summed E-state index contributed by atoms with van der Waals surface area (Å²) < 4.78 is 19.9. The number of hydrogen-bond acceptors (Lipinski definition) is 4. The Morgan fingerprint density at radius 3 is 2.54 bits per heavy atom. The molecule has 3 aromatic rings. The van der Waals surface area contributed by atoms with Gasteiger partial charge in [0.1, 0.15) is 12.4 Å². The molecule has 134 valence electrons. The highest BCUT2D eigenvalue weighted by Gasteiger charge is 2.16. The van der Waals surface area contributed by atoms with Gasteiger partial charge in [0.05, 0.1) is 27.4 Å². The van der Waals surface area contributed by atoms with Crippen LogP contribution in [0.15, 0.2) is 41.4 Å². The number of halogens is 3. The minimum atomic E-state index is -0.572. The zero-order chi connectivity index (χ0) is 18.8. The number of methoxy groups -OCH3 is 1. The number of ether oxygens (including phenoxy) is 1. The molecule has 0 radical (unpaired) electrons. The van der Waals surface area contributed by atoms with Gasteiger partial charge < -0.3 is 9.30 Å². The average Bonchev–Trinajstić information content (AvgIpc) is 2.96. The Morgan fingerprint density at radius 1 is 1.19 bits per heavy atom. The summed E-state index contributed by atoms with van der Waals surface area (Å²) in [6, 6.07) is 8.37. The van der Waals surface area contributed by atoms with Crippen molar-refractivity contribution < 1.29 is 18.7 Å². The van der Waals surface area contributed by atoms with Crippen LogP contribution >= 0.6 is 34.5 Å². The maximum atomic E-state index is 13.0. The second kappa shape index (κ2) is 7.57. The number of thiazole rings is 1. The number of hydrogen-bond donors (Lipinski definition) is 0. The molecule has 0 saturated heterocycles. The van der Waals surface area contributed by atoms with Crippen LogP contribution in [0.3, 0.4) is 0 Å². The molecule has 0 bridgehead atoms. The number of rotatable bonds is 3. The van der Waals surface area contributed by atoms with Gasteiger partial charge in [-0.15, -0.1) is 0 Å². The minimum Gasteiger partial charge on any atom is -0.468 e. The highest BCUT2D eigenvalue weighted by molar-refractivity contribution is 7.16. The van der Waals surface area contributed by atoms with Crippen LogP contribution in [-0.4, -0.2) is 23.6 Å². The molecular weight excluding hydrogens is 402 g/mol. The van der Waals surface area contributed by atoms with Crippen molar-refractivity contribution >= 4 is 56.6 Å². The zero-order valence-electron chi connectivity index (χ0n) is 13.3. The largest absolute Gasteiger partial charge is 0.468 e. The van der Waals surface area contributed by atoms with E-state index >= 15 is 0 Å². The first-order valence-corrected chi connectivity index (χ1v) is 8.86. The number of esters is 1. The average molecular weight is 413 g/mol. The van der Waals surface area contributed by atoms with Crippen LogP contribution in [0.25, 0.3) is 10.2 Å². The summed E-state index contributed by atoms with van der Waals surface area (Å²) >= 11 is 13.5. The zero-order valence-corrected chi connectivity index (χ0v) is 15.7. The molecule has 0 fully saturated rings. The summed E-state index contributed by atoms with van der Waals surface area (Å²) in [6.07, 6.45) is 0. The number of fused-ring (bicyclic) bond motifs is 1. The maximum absolute atomic E-state index is 13.0. The van der Waals surface area contributed by atoms with E-state index in [0.717, 1.165) is 0 Å². The van der Waals surface area contributed by atoms with Crippen molar-refractivity contribution in [3.05, 3.63) is 62.6 Å². The standard InChI is InChI=1S/C17H11Cl2FN2O3S/c1-25-13(23)8-22-15-12(7-6-11(18)14(15)19)26-17(22)21-16(24)9-2-4-10(20)5-3-9/h2-7H,8H2,1H3. The van der Waals surface area contributed by atoms with E-state index in [1.807, 2.05) is 0 Å². The van der Waals surface area contributed by atoms with Crippen LogP contribution in [-0.2, 0) is 16.1 Å². The quantitative estimate of drug-likeness (QED) is 0.609. The van der Waals surface area contributed by atoms with Gasteiger partial charge in [-0.2, -0.15) is 4.99 Å². The third-order valence-corrected chi connectivity index (χ3v) is 5.38. The van der Waals surface area contributed by atoms with Crippen molar-refractivity contribution in [2.45, 2.75) is 6.54 Å². The van der Waals surface area contributed by atoms with Gasteiger partial charge in [0, 0.05) is 5.56 Å². The molecule has 0 atom stereocenters. The Labute approximate surface area is 161 Å². The van der Waals surface area contributed by atoms with Crippen molar-refractivity contribution in [2.75, 3.05) is 7.11 Å². The molecule has 2 aromatic carbocycles. The normalized spacial score (nSPS) is 11.8. The van der Waals surface area contributed by atoms with Gasteiger partial charge in [0.2, 0.25) is 0 Å². The molecule has 0 saturated carbocycles. The summed E-state index contributed by atoms with van der Waals surface area (Å²) in [5.74, 6) is -1.56. The number of amides is 1. The van der Waals surface area contributed by atoms with Crippen molar-refractivity contribution in [1.82, 2.24) is 4.57 Å². The summed E-state index contributed by atoms with van der Waals surface area (Å²) in [7, 11) is 1.26. The lowest BCUT2D eigenvalue weighted by atomic mass is 10.2. The topological polar surface area (TPSA) is 60.7 Å². The Hall–Kier alpha value is -2.22. The van der Waals surface area contributed by atoms with Crippen LogP contribution in [0.2, 0.25) is 10.0 Å². The fraction of sp³-hybridized carbons (Fsp3) is 0.118. The van der Waals surface area contributed by atoms with Crippen molar-refractivity contribution in [1.29, 1.82) is 0 Å². The predicted molar refractivity (Wildman–Crippen MR) is 98.1 cm³/mol. The second-order valence-electron chi connectivity index (χ2n) is 5.18. The fourth-order valence-electron chi connectivity index (χ4n) is 2.27. The van der Waals surface area contributed by atoms with E-state index in [0.29, 0.717) is 15.2 Å². The van der Waals surface area contributed by atoms with Gasteiger partial charge in [-0.1, -0.05) is 34.5 Å². The number of carbonyl (C=O) groups is 2. The van der Waals surface area contributed by atoms with Gasteiger partial charge in [-0.25, -0.2) is 4.39 Å². The molecule has 1 heterocycles. The molecule has 0 N–H and O–H groups in total. The lowest BCUT2D eigenvalue weighted by Gasteiger charge is -2.05. The second-order valence-corrected chi connectivity index (χ2v) is 6.97. The SMILES string of the molecule is COC(=O)Cn1c(=NC(=O)c2ccc(F)cc2)sc2ccc(Cl)c(Cl)c21. The molecule has 0 aliphatic rings. The first-order chi connectivity index (χ1) is 12.4. The fourth-order valence-corrected chi connectivity index (χ4v) is 3.78. The first-order valence-electron chi connectivity index (χ1n) is 7.29. The molecule has 0 spiro atoms. The minimum absolute atomic E-state index is 0.188. The van der Waals surface area contributed by atoms with Gasteiger partial charge in [-0.3, -0.25) is 9.59 Å². The highest BCUT2D eigenvalue weighted by atomic mass is 35.5. The van der Waals surface area contributed by atoms with Gasteiger partial charge in [0.15, 0.2) is 4.80 Å². The number of nitrogens with zero attached hydrogens (tertiary/aromatic N) is 2. The van der Waals surface area contributed by atoms with Gasteiger partial charge in [0.25, 0.3) is 5.91 Å². The number of benzene rings is 2.